The van der Waals surface area contributed by atoms with Crippen LogP contribution in [0.4, 0.5) is 13.2 Å². The molecule has 0 fully saturated rings. The molecule has 0 unspecified atom stereocenters. The SMILES string of the molecule is CN=C(NCc1ccc(OCC(F)(F)F)cc1)NCc1ccccc1OC.I. The van der Waals surface area contributed by atoms with Crippen molar-refractivity contribution < 1.29 is 22.6 Å². The van der Waals surface area contributed by atoms with Crippen molar-refractivity contribution in [1.82, 2.24) is 10.6 Å². The van der Waals surface area contributed by atoms with E-state index in [0.717, 1.165) is 16.9 Å². The lowest BCUT2D eigenvalue weighted by atomic mass is 10.2. The van der Waals surface area contributed by atoms with E-state index in [-0.39, 0.29) is 29.7 Å². The molecule has 0 atom stereocenters. The van der Waals surface area contributed by atoms with Crippen molar-refractivity contribution in [2.45, 2.75) is 19.3 Å². The molecule has 9 heteroatoms. The van der Waals surface area contributed by atoms with E-state index in [1.807, 2.05) is 24.3 Å². The summed E-state index contributed by atoms with van der Waals surface area (Å²) in [6.45, 7) is -0.302. The molecule has 0 aromatic heterocycles. The van der Waals surface area contributed by atoms with Gasteiger partial charge < -0.3 is 20.1 Å². The Hall–Kier alpha value is -2.17. The monoisotopic (exact) mass is 509 g/mol. The Labute approximate surface area is 179 Å². The van der Waals surface area contributed by atoms with Gasteiger partial charge in [0, 0.05) is 25.7 Å². The Kier molecular flexibility index (Phi) is 9.91. The van der Waals surface area contributed by atoms with Crippen LogP contribution in [0.5, 0.6) is 11.5 Å². The highest BCUT2D eigenvalue weighted by molar-refractivity contribution is 14.0. The summed E-state index contributed by atoms with van der Waals surface area (Å²) < 4.78 is 46.4. The molecular formula is C19H23F3IN3O2. The van der Waals surface area contributed by atoms with Gasteiger partial charge in [-0.05, 0) is 23.8 Å². The zero-order valence-electron chi connectivity index (χ0n) is 15.5. The quantitative estimate of drug-likeness (QED) is 0.335. The summed E-state index contributed by atoms with van der Waals surface area (Å²) in [5.41, 5.74) is 1.88. The van der Waals surface area contributed by atoms with E-state index in [1.165, 1.54) is 12.1 Å². The zero-order valence-corrected chi connectivity index (χ0v) is 17.9. The van der Waals surface area contributed by atoms with Gasteiger partial charge in [-0.1, -0.05) is 30.3 Å². The van der Waals surface area contributed by atoms with Crippen LogP contribution in [0.1, 0.15) is 11.1 Å². The second-order valence-electron chi connectivity index (χ2n) is 5.64. The second kappa shape index (κ2) is 11.6. The number of methoxy groups -OCH3 is 1. The molecule has 0 saturated heterocycles. The third kappa shape index (κ3) is 8.24. The number of nitrogens with zero attached hydrogens (tertiary/aromatic N) is 1. The van der Waals surface area contributed by atoms with Crippen LogP contribution in [-0.4, -0.2) is 32.9 Å². The number of benzene rings is 2. The molecule has 2 aromatic carbocycles. The van der Waals surface area contributed by atoms with Crippen LogP contribution in [-0.2, 0) is 13.1 Å². The first-order chi connectivity index (χ1) is 12.9. The maximum absolute atomic E-state index is 12.1. The number of hydrogen-bond acceptors (Lipinski definition) is 3. The van der Waals surface area contributed by atoms with Gasteiger partial charge in [-0.25, -0.2) is 0 Å². The van der Waals surface area contributed by atoms with Gasteiger partial charge in [-0.15, -0.1) is 24.0 Å². The van der Waals surface area contributed by atoms with Crippen LogP contribution in [0.2, 0.25) is 0 Å². The van der Waals surface area contributed by atoms with Crippen LogP contribution in [0.25, 0.3) is 0 Å². The number of aliphatic imine (C=N–C) groups is 1. The van der Waals surface area contributed by atoms with Gasteiger partial charge in [0.1, 0.15) is 11.5 Å². The lowest BCUT2D eigenvalue weighted by Gasteiger charge is -2.14. The highest BCUT2D eigenvalue weighted by Crippen LogP contribution is 2.19. The average Bonchev–Trinajstić information content (AvgIpc) is 2.67. The maximum atomic E-state index is 12.1. The summed E-state index contributed by atoms with van der Waals surface area (Å²) in [5.74, 6) is 1.56. The third-order valence-corrected chi connectivity index (χ3v) is 3.65. The van der Waals surface area contributed by atoms with Gasteiger partial charge in [0.05, 0.1) is 7.11 Å². The molecule has 2 N–H and O–H groups in total. The van der Waals surface area contributed by atoms with Gasteiger partial charge in [-0.3, -0.25) is 4.99 Å². The largest absolute Gasteiger partial charge is 0.496 e. The third-order valence-electron chi connectivity index (χ3n) is 3.65. The first kappa shape index (κ1) is 23.9. The van der Waals surface area contributed by atoms with Crippen LogP contribution in [0.15, 0.2) is 53.5 Å². The molecular weight excluding hydrogens is 486 g/mol. The van der Waals surface area contributed by atoms with Crippen molar-refractivity contribution in [2.75, 3.05) is 20.8 Å². The fourth-order valence-corrected chi connectivity index (χ4v) is 2.30. The highest BCUT2D eigenvalue weighted by Gasteiger charge is 2.28. The molecule has 0 radical (unpaired) electrons. The summed E-state index contributed by atoms with van der Waals surface area (Å²) in [4.78, 5) is 4.15. The lowest BCUT2D eigenvalue weighted by Crippen LogP contribution is -2.36. The van der Waals surface area contributed by atoms with E-state index in [9.17, 15) is 13.2 Å². The first-order valence-corrected chi connectivity index (χ1v) is 8.26. The van der Waals surface area contributed by atoms with Crippen molar-refractivity contribution in [3.63, 3.8) is 0 Å². The summed E-state index contributed by atoms with van der Waals surface area (Å²) in [7, 11) is 3.28. The molecule has 0 saturated carbocycles. The molecule has 2 rings (SSSR count). The molecule has 0 aliphatic rings. The van der Waals surface area contributed by atoms with Gasteiger partial charge in [0.2, 0.25) is 0 Å². The minimum atomic E-state index is -4.35. The molecule has 0 bridgehead atoms. The lowest BCUT2D eigenvalue weighted by molar-refractivity contribution is -0.153. The molecule has 0 heterocycles. The van der Waals surface area contributed by atoms with E-state index in [1.54, 1.807) is 26.3 Å². The molecule has 154 valence electrons. The minimum absolute atomic E-state index is 0. The van der Waals surface area contributed by atoms with Crippen LogP contribution in [0.3, 0.4) is 0 Å². The Morgan fingerprint density at radius 3 is 2.25 bits per heavy atom. The van der Waals surface area contributed by atoms with Crippen molar-refractivity contribution in [2.24, 2.45) is 4.99 Å². The second-order valence-corrected chi connectivity index (χ2v) is 5.64. The number of nitrogens with one attached hydrogen (secondary N) is 2. The summed E-state index contributed by atoms with van der Waals surface area (Å²) in [5, 5.41) is 6.33. The maximum Gasteiger partial charge on any atom is 0.422 e. The van der Waals surface area contributed by atoms with Crippen molar-refractivity contribution in [1.29, 1.82) is 0 Å². The molecule has 0 aliphatic heterocycles. The summed E-state index contributed by atoms with van der Waals surface area (Å²) in [6.07, 6.45) is -4.35. The van der Waals surface area contributed by atoms with Gasteiger partial charge in [0.25, 0.3) is 0 Å². The Bertz CT molecular complexity index is 753. The predicted molar refractivity (Wildman–Crippen MR) is 113 cm³/mol. The Morgan fingerprint density at radius 2 is 1.64 bits per heavy atom. The molecule has 5 nitrogen and oxygen atoms in total. The fraction of sp³-hybridized carbons (Fsp3) is 0.316. The topological polar surface area (TPSA) is 54.9 Å². The van der Waals surface area contributed by atoms with E-state index in [0.29, 0.717) is 19.0 Å². The Morgan fingerprint density at radius 1 is 1.00 bits per heavy atom. The van der Waals surface area contributed by atoms with Crippen LogP contribution >= 0.6 is 24.0 Å². The molecule has 28 heavy (non-hydrogen) atoms. The number of halogens is 4. The molecule has 0 aliphatic carbocycles. The molecule has 0 amide bonds. The highest BCUT2D eigenvalue weighted by atomic mass is 127. The predicted octanol–water partition coefficient (Wildman–Crippen LogP) is 4.12. The number of para-hydroxylation sites is 1. The standard InChI is InChI=1S/C19H22F3N3O2.HI/c1-23-18(25-12-15-5-3-4-6-17(15)26-2)24-11-14-7-9-16(10-8-14)27-13-19(20,21)22;/h3-10H,11-13H2,1-2H3,(H2,23,24,25);1H. The van der Waals surface area contributed by atoms with Crippen molar-refractivity contribution in [3.05, 3.63) is 59.7 Å². The van der Waals surface area contributed by atoms with E-state index >= 15 is 0 Å². The average molecular weight is 509 g/mol. The minimum Gasteiger partial charge on any atom is -0.496 e. The smallest absolute Gasteiger partial charge is 0.422 e. The van der Waals surface area contributed by atoms with Crippen LogP contribution in [0, 0.1) is 0 Å². The normalized spacial score (nSPS) is 11.4. The zero-order chi connectivity index (χ0) is 19.7. The van der Waals surface area contributed by atoms with E-state index in [2.05, 4.69) is 20.4 Å². The Balaban J connectivity index is 0.00000392. The number of alkyl halides is 3. The first-order valence-electron chi connectivity index (χ1n) is 8.26. The number of hydrogen-bond donors (Lipinski definition) is 2. The van der Waals surface area contributed by atoms with E-state index in [4.69, 9.17) is 4.74 Å². The van der Waals surface area contributed by atoms with E-state index < -0.39 is 12.8 Å². The van der Waals surface area contributed by atoms with Gasteiger partial charge >= 0.3 is 6.18 Å². The number of ether oxygens (including phenoxy) is 2. The van der Waals surface area contributed by atoms with Crippen LogP contribution < -0.4 is 20.1 Å². The van der Waals surface area contributed by atoms with Gasteiger partial charge in [0.15, 0.2) is 12.6 Å². The fourth-order valence-electron chi connectivity index (χ4n) is 2.30. The van der Waals surface area contributed by atoms with Crippen molar-refractivity contribution >= 4 is 29.9 Å². The number of guanidine groups is 1. The molecule has 2 aromatic rings. The molecule has 0 spiro atoms. The summed E-state index contributed by atoms with van der Waals surface area (Å²) in [6, 6.07) is 14.1. The number of rotatable bonds is 7. The van der Waals surface area contributed by atoms with Crippen molar-refractivity contribution in [3.8, 4) is 11.5 Å². The van der Waals surface area contributed by atoms with Gasteiger partial charge in [-0.2, -0.15) is 13.2 Å². The summed E-state index contributed by atoms with van der Waals surface area (Å²) >= 11 is 0.